The number of aromatic nitrogens is 2. The highest BCUT2D eigenvalue weighted by atomic mass is 16.3. The number of aromatic hydroxyl groups is 1. The first-order valence-electron chi connectivity index (χ1n) is 8.12. The first-order valence-corrected chi connectivity index (χ1v) is 8.12. The van der Waals surface area contributed by atoms with Crippen molar-refractivity contribution in [1.29, 1.82) is 0 Å². The third kappa shape index (κ3) is 1.99. The topological polar surface area (TPSA) is 87.0 Å². The van der Waals surface area contributed by atoms with Crippen LogP contribution >= 0.6 is 0 Å². The Labute approximate surface area is 144 Å². The maximum Gasteiger partial charge on any atom is 0.138 e. The Morgan fingerprint density at radius 2 is 1.92 bits per heavy atom. The SMILES string of the molecule is Nc1cc(C2Nc3ccccc3-c3ccnc4[nH]cc2c34)ccc1O. The van der Waals surface area contributed by atoms with Crippen LogP contribution in [0.25, 0.3) is 22.2 Å². The number of nitrogens with two attached hydrogens (primary N) is 1. The van der Waals surface area contributed by atoms with E-state index in [1.54, 1.807) is 6.07 Å². The van der Waals surface area contributed by atoms with Gasteiger partial charge in [-0.3, -0.25) is 0 Å². The van der Waals surface area contributed by atoms with E-state index in [0.717, 1.165) is 39.0 Å². The lowest BCUT2D eigenvalue weighted by Crippen LogP contribution is -2.11. The number of aromatic amines is 1. The van der Waals surface area contributed by atoms with Crippen molar-refractivity contribution < 1.29 is 5.11 Å². The first-order chi connectivity index (χ1) is 12.2. The lowest BCUT2D eigenvalue weighted by molar-refractivity contribution is 0.477. The molecule has 0 amide bonds. The molecule has 1 aliphatic heterocycles. The summed E-state index contributed by atoms with van der Waals surface area (Å²) < 4.78 is 0. The van der Waals surface area contributed by atoms with E-state index in [1.807, 2.05) is 42.7 Å². The fourth-order valence-electron chi connectivity index (χ4n) is 3.63. The van der Waals surface area contributed by atoms with E-state index in [9.17, 15) is 5.11 Å². The molecule has 1 atom stereocenters. The molecule has 5 nitrogen and oxygen atoms in total. The number of benzene rings is 2. The summed E-state index contributed by atoms with van der Waals surface area (Å²) in [6, 6.07) is 15.6. The number of nitrogens with one attached hydrogen (secondary N) is 2. The second kappa shape index (κ2) is 5.01. The van der Waals surface area contributed by atoms with Gasteiger partial charge in [-0.1, -0.05) is 24.3 Å². The van der Waals surface area contributed by atoms with Crippen LogP contribution in [0.15, 0.2) is 60.9 Å². The Bertz CT molecular complexity index is 1120. The van der Waals surface area contributed by atoms with Gasteiger partial charge in [-0.15, -0.1) is 0 Å². The monoisotopic (exact) mass is 328 g/mol. The predicted molar refractivity (Wildman–Crippen MR) is 99.5 cm³/mol. The lowest BCUT2D eigenvalue weighted by atomic mass is 9.96. The summed E-state index contributed by atoms with van der Waals surface area (Å²) in [6.07, 6.45) is 3.82. The summed E-state index contributed by atoms with van der Waals surface area (Å²) in [5.41, 5.74) is 12.6. The molecule has 1 unspecified atom stereocenters. The molecule has 5 N–H and O–H groups in total. The number of para-hydroxylation sites is 1. The average molecular weight is 328 g/mol. The molecule has 0 spiro atoms. The summed E-state index contributed by atoms with van der Waals surface area (Å²) in [6.45, 7) is 0. The van der Waals surface area contributed by atoms with Crippen molar-refractivity contribution in [2.24, 2.45) is 0 Å². The minimum absolute atomic E-state index is 0.0942. The van der Waals surface area contributed by atoms with Crippen molar-refractivity contribution in [3.05, 3.63) is 72.1 Å². The number of H-pyrrole nitrogens is 1. The first kappa shape index (κ1) is 13.9. The van der Waals surface area contributed by atoms with Crippen LogP contribution in [0.4, 0.5) is 11.4 Å². The Kier molecular flexibility index (Phi) is 2.79. The Morgan fingerprint density at radius 3 is 2.80 bits per heavy atom. The Morgan fingerprint density at radius 1 is 1.04 bits per heavy atom. The average Bonchev–Trinajstić information content (AvgIpc) is 3.00. The largest absolute Gasteiger partial charge is 0.506 e. The molecule has 0 bridgehead atoms. The van der Waals surface area contributed by atoms with Crippen molar-refractivity contribution in [2.45, 2.75) is 6.04 Å². The van der Waals surface area contributed by atoms with Crippen LogP contribution < -0.4 is 11.1 Å². The highest BCUT2D eigenvalue weighted by Gasteiger charge is 2.26. The normalized spacial score (nSPS) is 15.4. The van der Waals surface area contributed by atoms with Crippen LogP contribution in [0.2, 0.25) is 0 Å². The van der Waals surface area contributed by atoms with E-state index in [4.69, 9.17) is 5.73 Å². The molecule has 122 valence electrons. The van der Waals surface area contributed by atoms with Crippen LogP contribution in [0.3, 0.4) is 0 Å². The third-order valence-corrected chi connectivity index (χ3v) is 4.82. The van der Waals surface area contributed by atoms with Crippen LogP contribution in [0, 0.1) is 0 Å². The molecular weight excluding hydrogens is 312 g/mol. The number of phenols is 1. The summed E-state index contributed by atoms with van der Waals surface area (Å²) in [7, 11) is 0. The van der Waals surface area contributed by atoms with Gasteiger partial charge in [-0.2, -0.15) is 0 Å². The summed E-state index contributed by atoms with van der Waals surface area (Å²) in [5.74, 6) is 0.0963. The summed E-state index contributed by atoms with van der Waals surface area (Å²) in [4.78, 5) is 7.74. The van der Waals surface area contributed by atoms with E-state index in [2.05, 4.69) is 27.4 Å². The molecule has 0 fully saturated rings. The zero-order valence-corrected chi connectivity index (χ0v) is 13.3. The number of pyridine rings is 1. The fraction of sp³-hybridized carbons (Fsp3) is 0.0500. The van der Waals surface area contributed by atoms with Crippen LogP contribution in [-0.4, -0.2) is 15.1 Å². The van der Waals surface area contributed by atoms with Crippen molar-refractivity contribution >= 4 is 22.4 Å². The standard InChI is InChI=1S/C20H16N4O/c21-15-9-11(5-6-17(15)25)19-14-10-23-20-18(14)13(7-8-22-20)12-3-1-2-4-16(12)24-19/h1-10,19,24-25H,21H2,(H,22,23). The van der Waals surface area contributed by atoms with Gasteiger partial charge in [0.15, 0.2) is 0 Å². The zero-order chi connectivity index (χ0) is 17.0. The van der Waals surface area contributed by atoms with Crippen LogP contribution in [0.1, 0.15) is 17.2 Å². The van der Waals surface area contributed by atoms with E-state index in [1.165, 1.54) is 0 Å². The molecule has 25 heavy (non-hydrogen) atoms. The van der Waals surface area contributed by atoms with E-state index in [0.29, 0.717) is 5.69 Å². The van der Waals surface area contributed by atoms with Crippen molar-refractivity contribution in [3.8, 4) is 16.9 Å². The maximum atomic E-state index is 9.76. The molecule has 4 aromatic rings. The van der Waals surface area contributed by atoms with Gasteiger partial charge in [0.2, 0.25) is 0 Å². The van der Waals surface area contributed by atoms with E-state index < -0.39 is 0 Å². The number of hydrogen-bond donors (Lipinski definition) is 4. The van der Waals surface area contributed by atoms with Crippen LogP contribution in [-0.2, 0) is 0 Å². The minimum Gasteiger partial charge on any atom is -0.506 e. The Balaban J connectivity index is 1.83. The second-order valence-corrected chi connectivity index (χ2v) is 6.27. The van der Waals surface area contributed by atoms with Gasteiger partial charge >= 0.3 is 0 Å². The molecule has 1 aliphatic rings. The minimum atomic E-state index is -0.0942. The highest BCUT2D eigenvalue weighted by molar-refractivity contribution is 6.01. The lowest BCUT2D eigenvalue weighted by Gasteiger charge is -2.20. The van der Waals surface area contributed by atoms with Gasteiger partial charge in [-0.25, -0.2) is 4.98 Å². The third-order valence-electron chi connectivity index (χ3n) is 4.82. The molecule has 5 heteroatoms. The molecule has 0 saturated carbocycles. The molecule has 2 aromatic heterocycles. The number of fused-ring (bicyclic) bond motifs is 2. The maximum absolute atomic E-state index is 9.76. The van der Waals surface area contributed by atoms with Gasteiger partial charge in [0.05, 0.1) is 11.7 Å². The number of hydrogen-bond acceptors (Lipinski definition) is 4. The van der Waals surface area contributed by atoms with Gasteiger partial charge in [0.1, 0.15) is 11.4 Å². The second-order valence-electron chi connectivity index (χ2n) is 6.27. The van der Waals surface area contributed by atoms with Gasteiger partial charge in [0.25, 0.3) is 0 Å². The molecular formula is C20H16N4O. The number of nitrogens with zero attached hydrogens (tertiary/aromatic N) is 1. The summed E-state index contributed by atoms with van der Waals surface area (Å²) >= 11 is 0. The predicted octanol–water partition coefficient (Wildman–Crippen LogP) is 4.03. The molecule has 0 radical (unpaired) electrons. The van der Waals surface area contributed by atoms with Crippen molar-refractivity contribution in [3.63, 3.8) is 0 Å². The van der Waals surface area contributed by atoms with Crippen molar-refractivity contribution in [2.75, 3.05) is 11.1 Å². The number of anilines is 2. The van der Waals surface area contributed by atoms with Gasteiger partial charge in [-0.05, 0) is 35.4 Å². The molecule has 2 aromatic carbocycles. The van der Waals surface area contributed by atoms with Crippen LogP contribution in [0.5, 0.6) is 5.75 Å². The zero-order valence-electron chi connectivity index (χ0n) is 13.3. The van der Waals surface area contributed by atoms with Crippen molar-refractivity contribution in [1.82, 2.24) is 9.97 Å². The van der Waals surface area contributed by atoms with Gasteiger partial charge in [0, 0.05) is 34.6 Å². The Hall–Kier alpha value is -3.47. The fourth-order valence-corrected chi connectivity index (χ4v) is 3.63. The van der Waals surface area contributed by atoms with E-state index in [-0.39, 0.29) is 11.8 Å². The smallest absolute Gasteiger partial charge is 0.138 e. The molecule has 5 rings (SSSR count). The quantitative estimate of drug-likeness (QED) is 0.314. The van der Waals surface area contributed by atoms with E-state index >= 15 is 0 Å². The highest BCUT2D eigenvalue weighted by Crippen LogP contribution is 2.43. The number of rotatable bonds is 1. The summed E-state index contributed by atoms with van der Waals surface area (Å²) in [5, 5.41) is 14.5. The molecule has 0 aliphatic carbocycles. The van der Waals surface area contributed by atoms with Gasteiger partial charge < -0.3 is 21.1 Å². The molecule has 3 heterocycles. The molecule has 0 saturated heterocycles. The number of nitrogen functional groups attached to an aromatic ring is 1. The number of phenolic OH excluding ortho intramolecular Hbond substituents is 1.